The second kappa shape index (κ2) is 12.8. The van der Waals surface area contributed by atoms with Crippen LogP contribution in [0.2, 0.25) is 0 Å². The van der Waals surface area contributed by atoms with E-state index in [2.05, 4.69) is 10.2 Å². The van der Waals surface area contributed by atoms with Gasteiger partial charge >= 0.3 is 0 Å². The van der Waals surface area contributed by atoms with Crippen molar-refractivity contribution in [3.63, 3.8) is 0 Å². The molecule has 8 nitrogen and oxygen atoms in total. The number of nitrogens with zero attached hydrogens (tertiary/aromatic N) is 3. The molecule has 192 valence electrons. The van der Waals surface area contributed by atoms with Crippen LogP contribution >= 0.6 is 0 Å². The van der Waals surface area contributed by atoms with Gasteiger partial charge in [-0.15, -0.1) is 0 Å². The van der Waals surface area contributed by atoms with E-state index in [1.54, 1.807) is 28.9 Å². The van der Waals surface area contributed by atoms with Gasteiger partial charge in [0.05, 0.1) is 25.7 Å². The lowest BCUT2D eigenvalue weighted by atomic mass is 9.88. The second-order valence-corrected chi connectivity index (χ2v) is 9.00. The summed E-state index contributed by atoms with van der Waals surface area (Å²) >= 11 is 0. The van der Waals surface area contributed by atoms with Gasteiger partial charge in [0.15, 0.2) is 0 Å². The zero-order chi connectivity index (χ0) is 25.4. The summed E-state index contributed by atoms with van der Waals surface area (Å²) < 4.78 is 18.7. The van der Waals surface area contributed by atoms with Crippen molar-refractivity contribution in [3.05, 3.63) is 46.9 Å². The first kappa shape index (κ1) is 26.8. The summed E-state index contributed by atoms with van der Waals surface area (Å²) in [6.07, 6.45) is 0.251. The number of ether oxygens (including phenoxy) is 1. The molecule has 3 rings (SSSR count). The average Bonchev–Trinajstić information content (AvgIpc) is 2.86. The predicted molar refractivity (Wildman–Crippen MR) is 131 cm³/mol. The third-order valence-electron chi connectivity index (χ3n) is 6.76. The summed E-state index contributed by atoms with van der Waals surface area (Å²) in [5, 5.41) is 2.92. The number of nitrogens with one attached hydrogen (secondary N) is 1. The standard InChI is InChI=1S/C26H37FN4O4/c1-4-30(5-2)26(34)23-16-21(17-24(32)28-10-11-29-12-14-35-15-13-29)25(33)31(19(23)3)18-20-6-8-22(27)9-7-20/h6-9,21H,4-5,10-18H2,1-3H3,(H,28,32). The Bertz CT molecular complexity index is 924. The monoisotopic (exact) mass is 488 g/mol. The maximum atomic E-state index is 13.4. The summed E-state index contributed by atoms with van der Waals surface area (Å²) in [5.41, 5.74) is 1.91. The van der Waals surface area contributed by atoms with Gasteiger partial charge in [0.25, 0.3) is 5.91 Å². The predicted octanol–water partition coefficient (Wildman–Crippen LogP) is 2.16. The van der Waals surface area contributed by atoms with Crippen molar-refractivity contribution in [1.29, 1.82) is 0 Å². The number of halogens is 1. The molecule has 1 fully saturated rings. The molecule has 2 heterocycles. The van der Waals surface area contributed by atoms with E-state index >= 15 is 0 Å². The van der Waals surface area contributed by atoms with E-state index in [-0.39, 0.29) is 42.9 Å². The van der Waals surface area contributed by atoms with Gasteiger partial charge in [0, 0.05) is 57.0 Å². The Morgan fingerprint density at radius 1 is 1.14 bits per heavy atom. The van der Waals surface area contributed by atoms with Crippen LogP contribution in [0.15, 0.2) is 35.5 Å². The Balaban J connectivity index is 1.73. The highest BCUT2D eigenvalue weighted by Crippen LogP contribution is 2.32. The number of likely N-dealkylation sites (N-methyl/N-ethyl adjacent to an activating group) is 1. The van der Waals surface area contributed by atoms with Gasteiger partial charge in [-0.1, -0.05) is 12.1 Å². The van der Waals surface area contributed by atoms with Crippen molar-refractivity contribution < 1.29 is 23.5 Å². The molecule has 0 radical (unpaired) electrons. The molecule has 0 aromatic heterocycles. The molecule has 0 saturated carbocycles. The third kappa shape index (κ3) is 7.11. The molecule has 2 aliphatic heterocycles. The number of allylic oxidation sites excluding steroid dienone is 1. The molecule has 1 aromatic rings. The molecule has 2 aliphatic rings. The van der Waals surface area contributed by atoms with Crippen LogP contribution in [0.1, 0.15) is 39.2 Å². The molecule has 1 saturated heterocycles. The van der Waals surface area contributed by atoms with E-state index in [0.717, 1.165) is 25.2 Å². The summed E-state index contributed by atoms with van der Waals surface area (Å²) in [4.78, 5) is 44.9. The Morgan fingerprint density at radius 3 is 2.43 bits per heavy atom. The molecule has 9 heteroatoms. The molecular weight excluding hydrogens is 451 g/mol. The largest absolute Gasteiger partial charge is 0.379 e. The number of carbonyl (C=O) groups is 3. The van der Waals surface area contributed by atoms with Gasteiger partial charge in [0.2, 0.25) is 11.8 Å². The molecular formula is C26H37FN4O4. The van der Waals surface area contributed by atoms with Crippen LogP contribution in [0.4, 0.5) is 4.39 Å². The van der Waals surface area contributed by atoms with Gasteiger partial charge < -0.3 is 19.9 Å². The van der Waals surface area contributed by atoms with Gasteiger partial charge in [-0.05, 0) is 44.9 Å². The van der Waals surface area contributed by atoms with Crippen molar-refractivity contribution in [2.24, 2.45) is 5.92 Å². The lowest BCUT2D eigenvalue weighted by Crippen LogP contribution is -2.45. The van der Waals surface area contributed by atoms with Gasteiger partial charge in [-0.3, -0.25) is 19.3 Å². The zero-order valence-corrected chi connectivity index (χ0v) is 21.0. The quantitative estimate of drug-likeness (QED) is 0.546. The topological polar surface area (TPSA) is 82.2 Å². The molecule has 3 amide bonds. The smallest absolute Gasteiger partial charge is 0.251 e. The molecule has 1 atom stereocenters. The van der Waals surface area contributed by atoms with E-state index in [0.29, 0.717) is 44.1 Å². The maximum absolute atomic E-state index is 13.4. The molecule has 0 bridgehead atoms. The number of benzene rings is 1. The fraction of sp³-hybridized carbons (Fsp3) is 0.577. The first-order chi connectivity index (χ1) is 16.8. The Morgan fingerprint density at radius 2 is 1.80 bits per heavy atom. The zero-order valence-electron chi connectivity index (χ0n) is 21.0. The minimum atomic E-state index is -0.628. The minimum absolute atomic E-state index is 0.0180. The lowest BCUT2D eigenvalue weighted by molar-refractivity contribution is -0.139. The molecule has 1 aromatic carbocycles. The van der Waals surface area contributed by atoms with E-state index in [1.165, 1.54) is 12.1 Å². The molecule has 1 N–H and O–H groups in total. The first-order valence-electron chi connectivity index (χ1n) is 12.5. The van der Waals surface area contributed by atoms with Gasteiger partial charge in [-0.25, -0.2) is 4.39 Å². The number of hydrogen-bond donors (Lipinski definition) is 1. The number of hydrogen-bond acceptors (Lipinski definition) is 5. The van der Waals surface area contributed by atoms with Crippen molar-refractivity contribution in [2.45, 2.75) is 40.2 Å². The third-order valence-corrected chi connectivity index (χ3v) is 6.76. The number of carbonyl (C=O) groups excluding carboxylic acids is 3. The van der Waals surface area contributed by atoms with Crippen LogP contribution in [0.5, 0.6) is 0 Å². The van der Waals surface area contributed by atoms with E-state index in [4.69, 9.17) is 4.74 Å². The van der Waals surface area contributed by atoms with Crippen molar-refractivity contribution >= 4 is 17.7 Å². The van der Waals surface area contributed by atoms with Crippen molar-refractivity contribution in [3.8, 4) is 0 Å². The minimum Gasteiger partial charge on any atom is -0.379 e. The SMILES string of the molecule is CCN(CC)C(=O)C1=C(C)N(Cc2ccc(F)cc2)C(=O)C(CC(=O)NCCN2CCOCC2)C1. The van der Waals surface area contributed by atoms with Crippen LogP contribution in [-0.4, -0.2) is 84.9 Å². The Labute approximate surface area is 207 Å². The van der Waals surface area contributed by atoms with Crippen molar-refractivity contribution in [1.82, 2.24) is 20.0 Å². The number of amides is 3. The summed E-state index contributed by atoms with van der Waals surface area (Å²) in [5.74, 6) is -1.48. The van der Waals surface area contributed by atoms with Crippen molar-refractivity contribution in [2.75, 3.05) is 52.5 Å². The van der Waals surface area contributed by atoms with E-state index in [1.807, 2.05) is 13.8 Å². The Hall–Kier alpha value is -2.78. The summed E-state index contributed by atoms with van der Waals surface area (Å²) in [6, 6.07) is 5.96. The van der Waals surface area contributed by atoms with E-state index in [9.17, 15) is 18.8 Å². The highest BCUT2D eigenvalue weighted by Gasteiger charge is 2.37. The lowest BCUT2D eigenvalue weighted by Gasteiger charge is -2.36. The number of morpholine rings is 1. The average molecular weight is 489 g/mol. The summed E-state index contributed by atoms with van der Waals surface area (Å²) in [7, 11) is 0. The fourth-order valence-electron chi connectivity index (χ4n) is 4.58. The highest BCUT2D eigenvalue weighted by molar-refractivity contribution is 5.98. The molecule has 35 heavy (non-hydrogen) atoms. The molecule has 1 unspecified atom stereocenters. The summed E-state index contributed by atoms with van der Waals surface area (Å²) in [6.45, 7) is 11.3. The van der Waals surface area contributed by atoms with Crippen LogP contribution in [0.3, 0.4) is 0 Å². The fourth-order valence-corrected chi connectivity index (χ4v) is 4.58. The van der Waals surface area contributed by atoms with Crippen LogP contribution in [0, 0.1) is 11.7 Å². The van der Waals surface area contributed by atoms with E-state index < -0.39 is 5.92 Å². The number of rotatable bonds is 10. The van der Waals surface area contributed by atoms with Crippen LogP contribution < -0.4 is 5.32 Å². The van der Waals surface area contributed by atoms with Gasteiger partial charge in [0.1, 0.15) is 5.82 Å². The first-order valence-corrected chi connectivity index (χ1v) is 12.5. The van der Waals surface area contributed by atoms with Crippen LogP contribution in [0.25, 0.3) is 0 Å². The van der Waals surface area contributed by atoms with Gasteiger partial charge in [-0.2, -0.15) is 0 Å². The Kier molecular flexibility index (Phi) is 9.80. The maximum Gasteiger partial charge on any atom is 0.251 e. The normalized spacial score (nSPS) is 19.1. The highest BCUT2D eigenvalue weighted by atomic mass is 19.1. The molecule has 0 spiro atoms. The van der Waals surface area contributed by atoms with Crippen LogP contribution in [-0.2, 0) is 25.7 Å². The molecule has 0 aliphatic carbocycles. The second-order valence-electron chi connectivity index (χ2n) is 9.00.